The summed E-state index contributed by atoms with van der Waals surface area (Å²) in [4.78, 5) is 0. The lowest BCUT2D eigenvalue weighted by Gasteiger charge is -2.18. The summed E-state index contributed by atoms with van der Waals surface area (Å²) in [5, 5.41) is 9.22. The topological polar surface area (TPSA) is 29.9 Å². The Labute approximate surface area is 134 Å². The maximum atomic E-state index is 4.83. The van der Waals surface area contributed by atoms with Crippen LogP contribution in [0.4, 0.5) is 0 Å². The number of nitrogens with one attached hydrogen (secondary N) is 1. The number of nitrogens with zero attached hydrogens (tertiary/aromatic N) is 2. The van der Waals surface area contributed by atoms with Crippen molar-refractivity contribution < 1.29 is 0 Å². The number of rotatable bonds is 9. The van der Waals surface area contributed by atoms with Gasteiger partial charge in [0.05, 0.1) is 11.7 Å². The summed E-state index contributed by atoms with van der Waals surface area (Å²) < 4.78 is 2.22. The van der Waals surface area contributed by atoms with Crippen molar-refractivity contribution >= 4 is 11.8 Å². The molecule has 0 bridgehead atoms. The van der Waals surface area contributed by atoms with Crippen molar-refractivity contribution in [3.8, 4) is 0 Å². The fraction of sp³-hybridized carbons (Fsp3) is 0.824. The molecule has 1 aromatic rings. The zero-order chi connectivity index (χ0) is 15.1. The Kier molecular flexibility index (Phi) is 7.11. The second-order valence-corrected chi connectivity index (χ2v) is 8.07. The van der Waals surface area contributed by atoms with Gasteiger partial charge in [-0.05, 0) is 37.1 Å². The molecule has 0 aliphatic heterocycles. The molecule has 0 saturated heterocycles. The maximum absolute atomic E-state index is 4.83. The summed E-state index contributed by atoms with van der Waals surface area (Å²) in [5.41, 5.74) is 1.25. The van der Waals surface area contributed by atoms with Crippen LogP contribution in [0.3, 0.4) is 0 Å². The second-order valence-electron chi connectivity index (χ2n) is 6.46. The van der Waals surface area contributed by atoms with Crippen LogP contribution in [-0.4, -0.2) is 33.4 Å². The van der Waals surface area contributed by atoms with Crippen LogP contribution in [0, 0.1) is 0 Å². The van der Waals surface area contributed by atoms with Gasteiger partial charge in [-0.3, -0.25) is 4.68 Å². The quantitative estimate of drug-likeness (QED) is 0.746. The minimum atomic E-state index is 0.546. The molecule has 0 radical (unpaired) electrons. The first-order valence-corrected chi connectivity index (χ1v) is 9.63. The summed E-state index contributed by atoms with van der Waals surface area (Å²) in [5.74, 6) is 1.17. The zero-order valence-corrected chi connectivity index (χ0v) is 14.7. The smallest absolute Gasteiger partial charge is 0.0640 e. The van der Waals surface area contributed by atoms with Crippen molar-refractivity contribution in [3.63, 3.8) is 0 Å². The fourth-order valence-corrected chi connectivity index (χ4v) is 3.81. The van der Waals surface area contributed by atoms with Crippen molar-refractivity contribution in [1.29, 1.82) is 0 Å². The van der Waals surface area contributed by atoms with E-state index < -0.39 is 0 Å². The molecule has 1 unspecified atom stereocenters. The van der Waals surface area contributed by atoms with Gasteiger partial charge in [-0.1, -0.05) is 33.6 Å². The van der Waals surface area contributed by atoms with E-state index in [2.05, 4.69) is 43.0 Å². The van der Waals surface area contributed by atoms with E-state index in [4.69, 9.17) is 5.10 Å². The minimum absolute atomic E-state index is 0.546. The number of aromatic nitrogens is 2. The summed E-state index contributed by atoms with van der Waals surface area (Å²) >= 11 is 2.04. The highest BCUT2D eigenvalue weighted by atomic mass is 32.2. The van der Waals surface area contributed by atoms with Crippen molar-refractivity contribution in [2.45, 2.75) is 76.6 Å². The van der Waals surface area contributed by atoms with E-state index in [-0.39, 0.29) is 0 Å². The molecular formula is C17H31N3S. The number of thioether (sulfide) groups is 1. The van der Waals surface area contributed by atoms with Crippen LogP contribution in [0.2, 0.25) is 0 Å². The molecule has 0 aromatic carbocycles. The van der Waals surface area contributed by atoms with Crippen LogP contribution >= 0.6 is 11.8 Å². The summed E-state index contributed by atoms with van der Waals surface area (Å²) in [6, 6.07) is 3.43. The Morgan fingerprint density at radius 2 is 2.14 bits per heavy atom. The molecule has 1 heterocycles. The predicted octanol–water partition coefficient (Wildman–Crippen LogP) is 4.05. The zero-order valence-electron chi connectivity index (χ0n) is 13.8. The van der Waals surface area contributed by atoms with E-state index in [1.54, 1.807) is 0 Å². The van der Waals surface area contributed by atoms with E-state index in [1.165, 1.54) is 43.6 Å². The third-order valence-electron chi connectivity index (χ3n) is 4.13. The van der Waals surface area contributed by atoms with Gasteiger partial charge >= 0.3 is 0 Å². The van der Waals surface area contributed by atoms with E-state index >= 15 is 0 Å². The summed E-state index contributed by atoms with van der Waals surface area (Å²) in [6.45, 7) is 7.88. The van der Waals surface area contributed by atoms with Gasteiger partial charge in [0.2, 0.25) is 0 Å². The molecule has 120 valence electrons. The van der Waals surface area contributed by atoms with Gasteiger partial charge in [0.25, 0.3) is 0 Å². The minimum Gasteiger partial charge on any atom is -0.313 e. The molecule has 2 rings (SSSR count). The van der Waals surface area contributed by atoms with E-state index in [0.717, 1.165) is 13.0 Å². The van der Waals surface area contributed by atoms with Gasteiger partial charge in [0.15, 0.2) is 0 Å². The van der Waals surface area contributed by atoms with Crippen molar-refractivity contribution in [1.82, 2.24) is 15.1 Å². The summed E-state index contributed by atoms with van der Waals surface area (Å²) in [7, 11) is 0. The molecule has 0 spiro atoms. The Morgan fingerprint density at radius 3 is 2.81 bits per heavy atom. The molecule has 21 heavy (non-hydrogen) atoms. The number of hydrogen-bond donors (Lipinski definition) is 1. The Morgan fingerprint density at radius 1 is 1.38 bits per heavy atom. The lowest BCUT2D eigenvalue weighted by molar-refractivity contribution is 0.458. The molecule has 1 atom stereocenters. The molecule has 0 amide bonds. The fourth-order valence-electron chi connectivity index (χ4n) is 2.96. The average Bonchev–Trinajstić information content (AvgIpc) is 3.12. The first kappa shape index (κ1) is 16.9. The Balaban J connectivity index is 1.88. The van der Waals surface area contributed by atoms with Gasteiger partial charge in [0.1, 0.15) is 0 Å². The highest BCUT2D eigenvalue weighted by Crippen LogP contribution is 2.28. The molecule has 1 saturated carbocycles. The van der Waals surface area contributed by atoms with Gasteiger partial charge in [0, 0.05) is 24.4 Å². The van der Waals surface area contributed by atoms with Crippen LogP contribution in [-0.2, 0) is 6.42 Å². The molecule has 3 nitrogen and oxygen atoms in total. The Hall–Kier alpha value is -0.480. The van der Waals surface area contributed by atoms with Crippen LogP contribution in [0.5, 0.6) is 0 Å². The number of hydrogen-bond acceptors (Lipinski definition) is 3. The van der Waals surface area contributed by atoms with Crippen LogP contribution in [0.15, 0.2) is 12.3 Å². The molecule has 1 N–H and O–H groups in total. The third kappa shape index (κ3) is 5.67. The molecule has 1 aromatic heterocycles. The normalized spacial score (nSPS) is 17.7. The van der Waals surface area contributed by atoms with Gasteiger partial charge < -0.3 is 5.32 Å². The van der Waals surface area contributed by atoms with E-state index in [9.17, 15) is 0 Å². The van der Waals surface area contributed by atoms with Gasteiger partial charge in [-0.15, -0.1) is 0 Å². The van der Waals surface area contributed by atoms with Crippen molar-refractivity contribution in [2.24, 2.45) is 0 Å². The Bertz CT molecular complexity index is 396. The standard InChI is InChI=1S/C17H31N3S/c1-4-10-18-16(13-21-14(2)3)12-15-9-11-20(19-15)17-7-5-6-8-17/h9,11,14,16-18H,4-8,10,12-13H2,1-3H3. The predicted molar refractivity (Wildman–Crippen MR) is 93.1 cm³/mol. The first-order valence-electron chi connectivity index (χ1n) is 8.58. The van der Waals surface area contributed by atoms with Crippen molar-refractivity contribution in [2.75, 3.05) is 12.3 Å². The monoisotopic (exact) mass is 309 g/mol. The van der Waals surface area contributed by atoms with Crippen LogP contribution < -0.4 is 5.32 Å². The molecular weight excluding hydrogens is 278 g/mol. The molecule has 4 heteroatoms. The SMILES string of the molecule is CCCNC(CSC(C)C)Cc1ccn(C2CCCC2)n1. The highest BCUT2D eigenvalue weighted by Gasteiger charge is 2.18. The highest BCUT2D eigenvalue weighted by molar-refractivity contribution is 7.99. The second kappa shape index (κ2) is 8.84. The largest absolute Gasteiger partial charge is 0.313 e. The molecule has 1 aliphatic rings. The summed E-state index contributed by atoms with van der Waals surface area (Å²) in [6.07, 6.45) is 9.79. The lowest BCUT2D eigenvalue weighted by atomic mass is 10.2. The van der Waals surface area contributed by atoms with Crippen LogP contribution in [0.25, 0.3) is 0 Å². The first-order chi connectivity index (χ1) is 10.2. The lowest BCUT2D eigenvalue weighted by Crippen LogP contribution is -2.34. The van der Waals surface area contributed by atoms with E-state index in [0.29, 0.717) is 17.3 Å². The maximum Gasteiger partial charge on any atom is 0.0640 e. The van der Waals surface area contributed by atoms with Gasteiger partial charge in [-0.25, -0.2) is 0 Å². The molecule has 1 aliphatic carbocycles. The van der Waals surface area contributed by atoms with E-state index in [1.807, 2.05) is 11.8 Å². The van der Waals surface area contributed by atoms with Crippen molar-refractivity contribution in [3.05, 3.63) is 18.0 Å². The van der Waals surface area contributed by atoms with Crippen LogP contribution in [0.1, 0.15) is 64.6 Å². The van der Waals surface area contributed by atoms with Gasteiger partial charge in [-0.2, -0.15) is 16.9 Å². The molecule has 1 fully saturated rings. The average molecular weight is 310 g/mol. The third-order valence-corrected chi connectivity index (χ3v) is 5.39.